The van der Waals surface area contributed by atoms with E-state index in [0.29, 0.717) is 0 Å². The van der Waals surface area contributed by atoms with Gasteiger partial charge >= 0.3 is 0 Å². The first kappa shape index (κ1) is 6.22. The molecule has 0 bridgehead atoms. The first-order valence-corrected chi connectivity index (χ1v) is 2.72. The molecular weight excluding hydrogens is 140 g/mol. The number of aliphatic hydroxyl groups is 2. The van der Waals surface area contributed by atoms with Gasteiger partial charge in [-0.2, -0.15) is 0 Å². The van der Waals surface area contributed by atoms with E-state index in [1.54, 1.807) is 0 Å². The molecule has 0 heterocycles. The quantitative estimate of drug-likeness (QED) is 0.490. The third kappa shape index (κ3) is 0.810. The van der Waals surface area contributed by atoms with Crippen LogP contribution in [0.15, 0.2) is 11.5 Å². The lowest BCUT2D eigenvalue weighted by Gasteiger charge is -1.86. The van der Waals surface area contributed by atoms with Crippen molar-refractivity contribution in [1.29, 1.82) is 0 Å². The van der Waals surface area contributed by atoms with Crippen LogP contribution in [0.25, 0.3) is 0 Å². The van der Waals surface area contributed by atoms with Crippen molar-refractivity contribution < 1.29 is 15.0 Å². The van der Waals surface area contributed by atoms with Gasteiger partial charge in [-0.25, -0.2) is 0 Å². The second-order valence-electron chi connectivity index (χ2n) is 1.72. The topological polar surface area (TPSA) is 57.5 Å². The third-order valence-electron chi connectivity index (χ3n) is 1.07. The largest absolute Gasteiger partial charge is 0.503 e. The lowest BCUT2D eigenvalue weighted by Crippen LogP contribution is -1.94. The molecule has 0 spiro atoms. The first-order valence-electron chi connectivity index (χ1n) is 2.31. The van der Waals surface area contributed by atoms with Crippen LogP contribution in [0.1, 0.15) is 6.42 Å². The van der Waals surface area contributed by atoms with Crippen molar-refractivity contribution in [2.75, 3.05) is 0 Å². The van der Waals surface area contributed by atoms with Crippen molar-refractivity contribution in [2.45, 2.75) is 6.42 Å². The Balaban J connectivity index is 3.06. The molecule has 0 fully saturated rings. The molecule has 48 valence electrons. The molecule has 1 rings (SSSR count). The van der Waals surface area contributed by atoms with Gasteiger partial charge in [0.15, 0.2) is 5.76 Å². The number of thiocarbonyl (C=S) groups is 1. The van der Waals surface area contributed by atoms with Gasteiger partial charge in [-0.15, -0.1) is 0 Å². The summed E-state index contributed by atoms with van der Waals surface area (Å²) in [5.74, 6) is -1.53. The Bertz CT molecular complexity index is 194. The van der Waals surface area contributed by atoms with E-state index in [0.717, 1.165) is 0 Å². The van der Waals surface area contributed by atoms with Gasteiger partial charge in [0.05, 0.1) is 11.3 Å². The van der Waals surface area contributed by atoms with E-state index in [2.05, 4.69) is 12.2 Å². The van der Waals surface area contributed by atoms with Crippen LogP contribution in [0.5, 0.6) is 0 Å². The average Bonchev–Trinajstić information content (AvgIpc) is 1.98. The summed E-state index contributed by atoms with van der Waals surface area (Å²) in [5.41, 5.74) is 0. The molecule has 3 nitrogen and oxygen atoms in total. The molecule has 1 aliphatic rings. The van der Waals surface area contributed by atoms with E-state index in [1.807, 2.05) is 0 Å². The maximum Gasteiger partial charge on any atom is 0.206 e. The van der Waals surface area contributed by atoms with Crippen LogP contribution >= 0.6 is 12.2 Å². The predicted octanol–water partition coefficient (Wildman–Crippen LogP) is 0.657. The summed E-state index contributed by atoms with van der Waals surface area (Å²) in [5, 5.41) is 17.3. The third-order valence-corrected chi connectivity index (χ3v) is 1.41. The minimum atomic E-state index is -0.597. The first-order chi connectivity index (χ1) is 4.13. The molecule has 0 radical (unpaired) electrons. The Morgan fingerprint density at radius 2 is 1.89 bits per heavy atom. The minimum Gasteiger partial charge on any atom is -0.503 e. The van der Waals surface area contributed by atoms with Gasteiger partial charge in [0.1, 0.15) is 0 Å². The zero-order valence-corrected chi connectivity index (χ0v) is 5.23. The highest BCUT2D eigenvalue weighted by Gasteiger charge is 2.26. The molecular formula is C5H4O3S. The fourth-order valence-electron chi connectivity index (χ4n) is 0.577. The van der Waals surface area contributed by atoms with E-state index in [9.17, 15) is 4.79 Å². The van der Waals surface area contributed by atoms with Crippen LogP contribution in [-0.2, 0) is 4.79 Å². The zero-order chi connectivity index (χ0) is 7.02. The lowest BCUT2D eigenvalue weighted by molar-refractivity contribution is -0.116. The molecule has 0 aliphatic heterocycles. The van der Waals surface area contributed by atoms with Gasteiger partial charge in [0, 0.05) is 0 Å². The van der Waals surface area contributed by atoms with Crippen molar-refractivity contribution in [1.82, 2.24) is 0 Å². The molecule has 0 aromatic heterocycles. The number of carbonyl (C=O) groups excluding carboxylic acids is 1. The van der Waals surface area contributed by atoms with E-state index in [1.165, 1.54) is 0 Å². The van der Waals surface area contributed by atoms with Crippen molar-refractivity contribution in [3.8, 4) is 0 Å². The van der Waals surface area contributed by atoms with Gasteiger partial charge in [-0.3, -0.25) is 4.79 Å². The highest BCUT2D eigenvalue weighted by Crippen LogP contribution is 2.15. The standard InChI is InChI=1S/C5H4O3S/c6-2-1-3(9)5(8)4(2)7/h7-8H,1H2. The van der Waals surface area contributed by atoms with Crippen LogP contribution in [-0.4, -0.2) is 20.9 Å². The fraction of sp³-hybridized carbons (Fsp3) is 0.200. The Morgan fingerprint density at radius 3 is 2.00 bits per heavy atom. The smallest absolute Gasteiger partial charge is 0.206 e. The number of Topliss-reactive ketones (excluding diaryl/α,β-unsaturated/α-hetero) is 1. The van der Waals surface area contributed by atoms with Gasteiger partial charge in [-0.05, 0) is 0 Å². The molecule has 1 aliphatic carbocycles. The average molecular weight is 144 g/mol. The maximum atomic E-state index is 10.4. The van der Waals surface area contributed by atoms with E-state index in [-0.39, 0.29) is 11.3 Å². The van der Waals surface area contributed by atoms with E-state index in [4.69, 9.17) is 10.2 Å². The van der Waals surface area contributed by atoms with E-state index >= 15 is 0 Å². The molecule has 0 saturated carbocycles. The SMILES string of the molecule is O=C1CC(=S)C(O)=C1O. The number of hydrogen-bond donors (Lipinski definition) is 2. The normalized spacial score (nSPS) is 19.6. The summed E-state index contributed by atoms with van der Waals surface area (Å²) >= 11 is 4.51. The second kappa shape index (κ2) is 1.80. The van der Waals surface area contributed by atoms with Crippen molar-refractivity contribution in [2.24, 2.45) is 0 Å². The molecule has 9 heavy (non-hydrogen) atoms. The van der Waals surface area contributed by atoms with E-state index < -0.39 is 17.3 Å². The van der Waals surface area contributed by atoms with Crippen LogP contribution in [0.4, 0.5) is 0 Å². The number of aliphatic hydroxyl groups excluding tert-OH is 2. The lowest BCUT2D eigenvalue weighted by atomic mass is 10.3. The highest BCUT2D eigenvalue weighted by molar-refractivity contribution is 7.81. The van der Waals surface area contributed by atoms with Crippen molar-refractivity contribution in [3.63, 3.8) is 0 Å². The molecule has 0 aromatic rings. The Kier molecular flexibility index (Phi) is 1.25. The highest BCUT2D eigenvalue weighted by atomic mass is 32.1. The second-order valence-corrected chi connectivity index (χ2v) is 2.21. The molecule has 2 N–H and O–H groups in total. The molecule has 4 heteroatoms. The molecule has 0 amide bonds. The van der Waals surface area contributed by atoms with Crippen LogP contribution in [0, 0.1) is 0 Å². The number of carbonyl (C=O) groups is 1. The molecule has 0 unspecified atom stereocenters. The predicted molar refractivity (Wildman–Crippen MR) is 34.5 cm³/mol. The van der Waals surface area contributed by atoms with Gasteiger partial charge in [0.25, 0.3) is 0 Å². The van der Waals surface area contributed by atoms with Crippen LogP contribution < -0.4 is 0 Å². The number of allylic oxidation sites excluding steroid dienone is 2. The number of ketones is 1. The zero-order valence-electron chi connectivity index (χ0n) is 4.42. The van der Waals surface area contributed by atoms with Gasteiger partial charge < -0.3 is 10.2 Å². The molecule has 0 saturated heterocycles. The Labute approximate surface area is 56.6 Å². The van der Waals surface area contributed by atoms with Gasteiger partial charge in [-0.1, -0.05) is 12.2 Å². The van der Waals surface area contributed by atoms with Crippen LogP contribution in [0.3, 0.4) is 0 Å². The summed E-state index contributed by atoms with van der Waals surface area (Å²) in [6, 6.07) is 0. The summed E-state index contributed by atoms with van der Waals surface area (Å²) in [6.07, 6.45) is -0.0347. The van der Waals surface area contributed by atoms with Gasteiger partial charge in [0.2, 0.25) is 11.5 Å². The Morgan fingerprint density at radius 1 is 1.33 bits per heavy atom. The number of rotatable bonds is 0. The monoisotopic (exact) mass is 144 g/mol. The summed E-state index contributed by atoms with van der Waals surface area (Å²) in [6.45, 7) is 0. The van der Waals surface area contributed by atoms with Crippen molar-refractivity contribution in [3.05, 3.63) is 11.5 Å². The maximum absolute atomic E-state index is 10.4. The summed E-state index contributed by atoms with van der Waals surface area (Å²) in [4.78, 5) is 10.6. The summed E-state index contributed by atoms with van der Waals surface area (Å²) < 4.78 is 0. The summed E-state index contributed by atoms with van der Waals surface area (Å²) in [7, 11) is 0. The Hall–Kier alpha value is -0.900. The number of hydrogen-bond acceptors (Lipinski definition) is 4. The van der Waals surface area contributed by atoms with Crippen molar-refractivity contribution >= 4 is 22.9 Å². The molecule has 0 aromatic carbocycles. The van der Waals surface area contributed by atoms with Crippen LogP contribution in [0.2, 0.25) is 0 Å². The molecule has 0 atom stereocenters. The minimum absolute atomic E-state index is 0.0347. The fourth-order valence-corrected chi connectivity index (χ4v) is 0.805.